The van der Waals surface area contributed by atoms with Crippen LogP contribution in [0.4, 0.5) is 13.2 Å². The smallest absolute Gasteiger partial charge is 0.416 e. The second-order valence-corrected chi connectivity index (χ2v) is 9.62. The summed E-state index contributed by atoms with van der Waals surface area (Å²) in [7, 11) is 2.58. The maximum atomic E-state index is 13.7. The number of pyridine rings is 1. The van der Waals surface area contributed by atoms with E-state index in [1.54, 1.807) is 6.07 Å². The topological polar surface area (TPSA) is 57.5 Å². The number of fused-ring (bicyclic) bond motifs is 2. The van der Waals surface area contributed by atoms with Gasteiger partial charge in [-0.05, 0) is 34.0 Å². The van der Waals surface area contributed by atoms with Gasteiger partial charge in [0, 0.05) is 23.3 Å². The third-order valence-electron chi connectivity index (χ3n) is 6.51. The van der Waals surface area contributed by atoms with Crippen molar-refractivity contribution in [3.8, 4) is 16.9 Å². The number of thioether (sulfide) groups is 1. The molecule has 1 aromatic heterocycles. The molecule has 3 aromatic carbocycles. The van der Waals surface area contributed by atoms with E-state index in [4.69, 9.17) is 9.47 Å². The molecule has 190 valence electrons. The lowest BCUT2D eigenvalue weighted by Gasteiger charge is -2.21. The molecular weight excluding hydrogens is 503 g/mol. The molecule has 1 unspecified atom stereocenters. The first kappa shape index (κ1) is 25.0. The minimum Gasteiger partial charge on any atom is -0.491 e. The molecule has 0 fully saturated rings. The van der Waals surface area contributed by atoms with Crippen LogP contribution in [0.15, 0.2) is 76.6 Å². The van der Waals surface area contributed by atoms with Crippen molar-refractivity contribution in [3.63, 3.8) is 0 Å². The van der Waals surface area contributed by atoms with E-state index in [1.165, 1.54) is 36.6 Å². The number of carbonyl (C=O) groups is 1. The van der Waals surface area contributed by atoms with Gasteiger partial charge in [0.2, 0.25) is 0 Å². The Morgan fingerprint density at radius 2 is 1.78 bits per heavy atom. The zero-order valence-corrected chi connectivity index (χ0v) is 20.8. The number of rotatable bonds is 5. The predicted molar refractivity (Wildman–Crippen MR) is 136 cm³/mol. The Morgan fingerprint density at radius 1 is 1.05 bits per heavy atom. The van der Waals surface area contributed by atoms with Gasteiger partial charge in [-0.2, -0.15) is 13.2 Å². The monoisotopic (exact) mass is 525 g/mol. The van der Waals surface area contributed by atoms with Crippen molar-refractivity contribution in [3.05, 3.63) is 93.8 Å². The molecule has 1 aliphatic heterocycles. The van der Waals surface area contributed by atoms with Crippen LogP contribution >= 0.6 is 11.8 Å². The van der Waals surface area contributed by atoms with Crippen LogP contribution in [-0.2, 0) is 22.1 Å². The molecule has 0 radical (unpaired) electrons. The van der Waals surface area contributed by atoms with Gasteiger partial charge in [-0.25, -0.2) is 4.79 Å². The summed E-state index contributed by atoms with van der Waals surface area (Å²) in [5.74, 6) is -0.401. The van der Waals surface area contributed by atoms with Crippen LogP contribution in [0, 0.1) is 0 Å². The number of ether oxygens (including phenoxy) is 2. The van der Waals surface area contributed by atoms with Crippen LogP contribution in [0.5, 0.6) is 5.75 Å². The fourth-order valence-electron chi connectivity index (χ4n) is 4.83. The highest BCUT2D eigenvalue weighted by atomic mass is 32.2. The van der Waals surface area contributed by atoms with Gasteiger partial charge in [0.05, 0.1) is 24.8 Å². The van der Waals surface area contributed by atoms with Crippen molar-refractivity contribution in [2.45, 2.75) is 23.7 Å². The Labute approximate surface area is 214 Å². The van der Waals surface area contributed by atoms with E-state index in [1.807, 2.05) is 42.5 Å². The highest BCUT2D eigenvalue weighted by Crippen LogP contribution is 2.45. The van der Waals surface area contributed by atoms with E-state index in [-0.39, 0.29) is 23.5 Å². The number of hydrogen-bond acceptors (Lipinski definition) is 5. The van der Waals surface area contributed by atoms with Gasteiger partial charge in [0.25, 0.3) is 5.56 Å². The number of alkyl halides is 3. The molecule has 0 spiro atoms. The highest BCUT2D eigenvalue weighted by Gasteiger charge is 2.37. The van der Waals surface area contributed by atoms with Gasteiger partial charge in [-0.15, -0.1) is 11.8 Å². The second kappa shape index (κ2) is 9.63. The van der Waals surface area contributed by atoms with Gasteiger partial charge in [0.1, 0.15) is 6.04 Å². The largest absolute Gasteiger partial charge is 0.491 e. The Kier molecular flexibility index (Phi) is 6.49. The summed E-state index contributed by atoms with van der Waals surface area (Å²) in [6.45, 7) is 0. The molecule has 0 bridgehead atoms. The van der Waals surface area contributed by atoms with Gasteiger partial charge >= 0.3 is 12.1 Å². The maximum absolute atomic E-state index is 13.7. The number of nitrogens with zero attached hydrogens (tertiary/aromatic N) is 1. The van der Waals surface area contributed by atoms with E-state index >= 15 is 0 Å². The first-order valence-corrected chi connectivity index (χ1v) is 12.4. The Bertz CT molecular complexity index is 1570. The first-order valence-electron chi connectivity index (χ1n) is 11.4. The number of hydrogen-bond donors (Lipinski definition) is 0. The summed E-state index contributed by atoms with van der Waals surface area (Å²) in [5, 5.41) is 2.37. The van der Waals surface area contributed by atoms with E-state index in [0.717, 1.165) is 28.5 Å². The quantitative estimate of drug-likeness (QED) is 0.295. The first-order chi connectivity index (χ1) is 17.7. The fourth-order valence-corrected chi connectivity index (χ4v) is 6.16. The zero-order valence-electron chi connectivity index (χ0n) is 20.0. The number of aromatic nitrogens is 1. The molecule has 1 aliphatic rings. The number of esters is 1. The molecular formula is C28H22F3NO4S. The lowest BCUT2D eigenvalue weighted by molar-refractivity contribution is -0.144. The van der Waals surface area contributed by atoms with Crippen molar-refractivity contribution in [2.24, 2.45) is 0 Å². The van der Waals surface area contributed by atoms with Crippen LogP contribution in [0.3, 0.4) is 0 Å². The number of methoxy groups -OCH3 is 2. The summed E-state index contributed by atoms with van der Waals surface area (Å²) in [5.41, 5.74) is 0.743. The zero-order chi connectivity index (χ0) is 26.3. The normalized spacial score (nSPS) is 15.0. The van der Waals surface area contributed by atoms with E-state index in [0.29, 0.717) is 16.2 Å². The summed E-state index contributed by atoms with van der Waals surface area (Å²) in [4.78, 5) is 26.1. The predicted octanol–water partition coefficient (Wildman–Crippen LogP) is 6.11. The van der Waals surface area contributed by atoms with Gasteiger partial charge < -0.3 is 9.47 Å². The van der Waals surface area contributed by atoms with Crippen molar-refractivity contribution in [1.29, 1.82) is 0 Å². The van der Waals surface area contributed by atoms with E-state index in [2.05, 4.69) is 0 Å². The molecule has 5 nitrogen and oxygen atoms in total. The molecule has 0 N–H and O–H groups in total. The summed E-state index contributed by atoms with van der Waals surface area (Å²) < 4.78 is 52.8. The van der Waals surface area contributed by atoms with Crippen LogP contribution < -0.4 is 10.3 Å². The molecule has 0 saturated heterocycles. The van der Waals surface area contributed by atoms with Crippen LogP contribution in [0.2, 0.25) is 0 Å². The molecule has 0 amide bonds. The molecule has 0 aliphatic carbocycles. The Balaban J connectivity index is 1.82. The van der Waals surface area contributed by atoms with E-state index in [9.17, 15) is 22.8 Å². The van der Waals surface area contributed by atoms with Crippen molar-refractivity contribution in [2.75, 3.05) is 20.0 Å². The van der Waals surface area contributed by atoms with Gasteiger partial charge in [-0.3, -0.25) is 9.36 Å². The molecule has 9 heteroatoms. The van der Waals surface area contributed by atoms with Gasteiger partial charge in [-0.1, -0.05) is 54.6 Å². The second-order valence-electron chi connectivity index (χ2n) is 8.61. The SMILES string of the molecule is COC(=O)C1CSc2c(-c3cccc(C(F)(F)F)c3)c(Cc3cccc4ccccc34)c(OC)c(=O)n21. The van der Waals surface area contributed by atoms with Gasteiger partial charge in [0.15, 0.2) is 5.75 Å². The van der Waals surface area contributed by atoms with Crippen molar-refractivity contribution >= 4 is 28.5 Å². The minimum absolute atomic E-state index is 0.0134. The molecule has 37 heavy (non-hydrogen) atoms. The molecule has 2 heterocycles. The molecule has 5 rings (SSSR count). The highest BCUT2D eigenvalue weighted by molar-refractivity contribution is 7.99. The Hall–Kier alpha value is -3.72. The standard InChI is InChI=1S/C28H22F3NO4S/c1-35-24-21(14-17-9-5-8-16-7-3-4-12-20(16)17)23(18-10-6-11-19(13-18)28(29,30)31)26-32(25(24)33)22(15-37-26)27(34)36-2/h3-13,22H,14-15H2,1-2H3. The molecule has 4 aromatic rings. The van der Waals surface area contributed by atoms with Crippen LogP contribution in [-0.4, -0.2) is 30.5 Å². The minimum atomic E-state index is -4.55. The average Bonchev–Trinajstić information content (AvgIpc) is 3.34. The van der Waals surface area contributed by atoms with Crippen LogP contribution in [0.25, 0.3) is 21.9 Å². The van der Waals surface area contributed by atoms with Crippen molar-refractivity contribution in [1.82, 2.24) is 4.57 Å². The maximum Gasteiger partial charge on any atom is 0.416 e. The third kappa shape index (κ3) is 4.37. The summed E-state index contributed by atoms with van der Waals surface area (Å²) in [6.07, 6.45) is -4.31. The van der Waals surface area contributed by atoms with Crippen molar-refractivity contribution < 1.29 is 27.4 Å². The lowest BCUT2D eigenvalue weighted by Crippen LogP contribution is -2.31. The third-order valence-corrected chi connectivity index (χ3v) is 7.67. The summed E-state index contributed by atoms with van der Waals surface area (Å²) in [6, 6.07) is 17.6. The summed E-state index contributed by atoms with van der Waals surface area (Å²) >= 11 is 1.24. The fraction of sp³-hybridized carbons (Fsp3) is 0.214. The average molecular weight is 526 g/mol. The lowest BCUT2D eigenvalue weighted by atomic mass is 9.92. The molecule has 1 atom stereocenters. The number of benzene rings is 3. The molecule has 0 saturated carbocycles. The number of carbonyl (C=O) groups excluding carboxylic acids is 1. The van der Waals surface area contributed by atoms with E-state index < -0.39 is 29.3 Å². The van der Waals surface area contributed by atoms with Crippen LogP contribution in [0.1, 0.15) is 22.7 Å². The number of halogens is 3. The Morgan fingerprint density at radius 3 is 2.51 bits per heavy atom.